The summed E-state index contributed by atoms with van der Waals surface area (Å²) in [6, 6.07) is 13.0. The largest absolute Gasteiger partial charge is 0.494 e. The van der Waals surface area contributed by atoms with E-state index in [1.54, 1.807) is 19.1 Å². The highest BCUT2D eigenvalue weighted by Crippen LogP contribution is 2.25. The molecule has 0 radical (unpaired) electrons. The highest BCUT2D eigenvalue weighted by atomic mass is 16.5. The van der Waals surface area contributed by atoms with Crippen molar-refractivity contribution in [2.75, 3.05) is 6.61 Å². The molecule has 5 heteroatoms. The first-order chi connectivity index (χ1) is 10.7. The maximum absolute atomic E-state index is 11.9. The number of benzene rings is 1. The maximum Gasteiger partial charge on any atom is 0.266 e. The van der Waals surface area contributed by atoms with E-state index in [-0.39, 0.29) is 5.56 Å². The Hall–Kier alpha value is -3.05. The fraction of sp³-hybridized carbons (Fsp3) is 0.235. The molecule has 2 aromatic rings. The number of nitriles is 2. The van der Waals surface area contributed by atoms with Crippen LogP contribution in [0.3, 0.4) is 0 Å². The summed E-state index contributed by atoms with van der Waals surface area (Å²) in [5.41, 5.74) is 1.74. The Balaban J connectivity index is 2.33. The van der Waals surface area contributed by atoms with Crippen molar-refractivity contribution in [3.8, 4) is 29.0 Å². The molecule has 1 aromatic carbocycles. The second kappa shape index (κ2) is 7.10. The molecule has 0 fully saturated rings. The summed E-state index contributed by atoms with van der Waals surface area (Å²) in [6.07, 6.45) is 1.11. The summed E-state index contributed by atoms with van der Waals surface area (Å²) in [7, 11) is 0. The molecule has 0 aliphatic carbocycles. The molecule has 22 heavy (non-hydrogen) atoms. The summed E-state index contributed by atoms with van der Waals surface area (Å²) in [5.74, 6) is 0.650. The lowest BCUT2D eigenvalue weighted by Crippen LogP contribution is -2.12. The van der Waals surface area contributed by atoms with Gasteiger partial charge in [0.1, 0.15) is 17.4 Å². The quantitative estimate of drug-likeness (QED) is 0.858. The molecule has 5 nitrogen and oxygen atoms in total. The van der Waals surface area contributed by atoms with Gasteiger partial charge in [-0.25, -0.2) is 0 Å². The Morgan fingerprint density at radius 2 is 2.09 bits per heavy atom. The monoisotopic (exact) mass is 293 g/mol. The van der Waals surface area contributed by atoms with Crippen LogP contribution in [0.1, 0.15) is 24.1 Å². The van der Waals surface area contributed by atoms with Gasteiger partial charge < -0.3 is 9.72 Å². The van der Waals surface area contributed by atoms with E-state index in [9.17, 15) is 10.1 Å². The van der Waals surface area contributed by atoms with Crippen LogP contribution in [-0.2, 0) is 0 Å². The van der Waals surface area contributed by atoms with Gasteiger partial charge in [0.15, 0.2) is 0 Å². The third kappa shape index (κ3) is 3.53. The predicted molar refractivity (Wildman–Crippen MR) is 82.3 cm³/mol. The second-order valence-corrected chi connectivity index (χ2v) is 4.82. The van der Waals surface area contributed by atoms with Crippen LogP contribution in [0.15, 0.2) is 35.1 Å². The lowest BCUT2D eigenvalue weighted by molar-refractivity contribution is 0.313. The first-order valence-electron chi connectivity index (χ1n) is 6.90. The Kier molecular flexibility index (Phi) is 4.95. The number of rotatable bonds is 5. The van der Waals surface area contributed by atoms with Gasteiger partial charge in [0.25, 0.3) is 5.56 Å². The van der Waals surface area contributed by atoms with Gasteiger partial charge in [-0.1, -0.05) is 12.1 Å². The zero-order chi connectivity index (χ0) is 15.9. The first-order valence-corrected chi connectivity index (χ1v) is 6.90. The van der Waals surface area contributed by atoms with Gasteiger partial charge in [-0.05, 0) is 37.1 Å². The van der Waals surface area contributed by atoms with E-state index in [1.165, 1.54) is 0 Å². The third-order valence-electron chi connectivity index (χ3n) is 3.13. The summed E-state index contributed by atoms with van der Waals surface area (Å²) in [5, 5.41) is 17.7. The van der Waals surface area contributed by atoms with Crippen LogP contribution < -0.4 is 10.3 Å². The molecular weight excluding hydrogens is 278 g/mol. The minimum atomic E-state index is -0.391. The maximum atomic E-state index is 11.9. The van der Waals surface area contributed by atoms with Gasteiger partial charge in [-0.3, -0.25) is 4.79 Å². The highest BCUT2D eigenvalue weighted by molar-refractivity contribution is 5.71. The molecule has 1 heterocycles. The Bertz CT molecular complexity index is 810. The van der Waals surface area contributed by atoms with E-state index in [1.807, 2.05) is 24.3 Å². The van der Waals surface area contributed by atoms with Crippen molar-refractivity contribution in [3.05, 3.63) is 51.9 Å². The number of aryl methyl sites for hydroxylation is 1. The number of nitrogens with zero attached hydrogens (tertiary/aromatic N) is 2. The van der Waals surface area contributed by atoms with Crippen molar-refractivity contribution in [2.24, 2.45) is 0 Å². The molecule has 0 amide bonds. The van der Waals surface area contributed by atoms with Crippen LogP contribution in [0.2, 0.25) is 0 Å². The zero-order valence-corrected chi connectivity index (χ0v) is 12.2. The molecule has 1 aromatic heterocycles. The Morgan fingerprint density at radius 1 is 1.27 bits per heavy atom. The topological polar surface area (TPSA) is 89.7 Å². The standard InChI is InChI=1S/C17H15N3O2/c1-12-9-15(16(11-19)17(21)20-12)13-5-4-6-14(10-13)22-8-3-2-7-18/h4-6,9-10H,2-3,8H2,1H3,(H,20,21). The van der Waals surface area contributed by atoms with Gasteiger partial charge >= 0.3 is 0 Å². The number of aromatic nitrogens is 1. The summed E-state index contributed by atoms with van der Waals surface area (Å²) >= 11 is 0. The summed E-state index contributed by atoms with van der Waals surface area (Å²) < 4.78 is 5.58. The number of ether oxygens (including phenoxy) is 1. The molecule has 0 saturated heterocycles. The van der Waals surface area contributed by atoms with Crippen LogP contribution in [-0.4, -0.2) is 11.6 Å². The molecular formula is C17H15N3O2. The lowest BCUT2D eigenvalue weighted by atomic mass is 10.0. The second-order valence-electron chi connectivity index (χ2n) is 4.82. The molecule has 0 unspecified atom stereocenters. The van der Waals surface area contributed by atoms with Crippen LogP contribution in [0.5, 0.6) is 5.75 Å². The number of hydrogen-bond acceptors (Lipinski definition) is 4. The van der Waals surface area contributed by atoms with E-state index in [2.05, 4.69) is 11.1 Å². The van der Waals surface area contributed by atoms with Crippen molar-refractivity contribution in [1.82, 2.24) is 4.98 Å². The van der Waals surface area contributed by atoms with Crippen LogP contribution >= 0.6 is 0 Å². The van der Waals surface area contributed by atoms with Gasteiger partial charge in [0.05, 0.1) is 12.7 Å². The molecule has 110 valence electrons. The number of unbranched alkanes of at least 4 members (excludes halogenated alkanes) is 1. The van der Waals surface area contributed by atoms with Gasteiger partial charge in [-0.2, -0.15) is 10.5 Å². The zero-order valence-electron chi connectivity index (χ0n) is 12.2. The van der Waals surface area contributed by atoms with Crippen LogP contribution in [0.4, 0.5) is 0 Å². The molecule has 0 bridgehead atoms. The van der Waals surface area contributed by atoms with Gasteiger partial charge in [-0.15, -0.1) is 0 Å². The van der Waals surface area contributed by atoms with Crippen molar-refractivity contribution >= 4 is 0 Å². The molecule has 1 N–H and O–H groups in total. The third-order valence-corrected chi connectivity index (χ3v) is 3.13. The number of nitrogens with one attached hydrogen (secondary N) is 1. The lowest BCUT2D eigenvalue weighted by Gasteiger charge is -2.09. The first kappa shape index (κ1) is 15.3. The predicted octanol–water partition coefficient (Wildman–Crippen LogP) is 2.90. The van der Waals surface area contributed by atoms with Crippen LogP contribution in [0, 0.1) is 29.6 Å². The van der Waals surface area contributed by atoms with Crippen molar-refractivity contribution in [3.63, 3.8) is 0 Å². The molecule has 0 spiro atoms. The van der Waals surface area contributed by atoms with Crippen molar-refractivity contribution < 1.29 is 4.74 Å². The molecule has 2 rings (SSSR count). The van der Waals surface area contributed by atoms with Crippen molar-refractivity contribution in [2.45, 2.75) is 19.8 Å². The highest BCUT2D eigenvalue weighted by Gasteiger charge is 2.10. The average Bonchev–Trinajstić information content (AvgIpc) is 2.51. The number of H-pyrrole nitrogens is 1. The molecule has 0 saturated carbocycles. The molecule has 0 aliphatic rings. The van der Waals surface area contributed by atoms with E-state index in [0.717, 1.165) is 5.56 Å². The van der Waals surface area contributed by atoms with Crippen LogP contribution in [0.25, 0.3) is 11.1 Å². The fourth-order valence-corrected chi connectivity index (χ4v) is 2.12. The minimum Gasteiger partial charge on any atom is -0.494 e. The number of hydrogen-bond donors (Lipinski definition) is 1. The van der Waals surface area contributed by atoms with Gasteiger partial charge in [0.2, 0.25) is 0 Å². The van der Waals surface area contributed by atoms with E-state index in [4.69, 9.17) is 10.00 Å². The van der Waals surface area contributed by atoms with Gasteiger partial charge in [0, 0.05) is 17.7 Å². The van der Waals surface area contributed by atoms with E-state index >= 15 is 0 Å². The summed E-state index contributed by atoms with van der Waals surface area (Å²) in [6.45, 7) is 2.23. The number of pyridine rings is 1. The Morgan fingerprint density at radius 3 is 2.82 bits per heavy atom. The fourth-order valence-electron chi connectivity index (χ4n) is 2.12. The molecule has 0 atom stereocenters. The average molecular weight is 293 g/mol. The minimum absolute atomic E-state index is 0.0900. The number of aromatic amines is 1. The van der Waals surface area contributed by atoms with E-state index < -0.39 is 5.56 Å². The molecule has 0 aliphatic heterocycles. The SMILES string of the molecule is Cc1cc(-c2cccc(OCCCC#N)c2)c(C#N)c(=O)[nH]1. The van der Waals surface area contributed by atoms with Crippen molar-refractivity contribution in [1.29, 1.82) is 10.5 Å². The van der Waals surface area contributed by atoms with E-state index in [0.29, 0.717) is 36.5 Å². The normalized spacial score (nSPS) is 9.77. The summed E-state index contributed by atoms with van der Waals surface area (Å²) in [4.78, 5) is 14.5. The Labute approximate surface area is 128 Å². The smallest absolute Gasteiger partial charge is 0.266 e.